The van der Waals surface area contributed by atoms with Crippen LogP contribution >= 0.6 is 0 Å². The maximum Gasteiger partial charge on any atom is 0.154 e. The van der Waals surface area contributed by atoms with Crippen molar-refractivity contribution in [3.8, 4) is 0 Å². The molecule has 2 heteroatoms. The highest BCUT2D eigenvalue weighted by Crippen LogP contribution is 2.62. The molecule has 24 heavy (non-hydrogen) atoms. The summed E-state index contributed by atoms with van der Waals surface area (Å²) in [7, 11) is 0. The average molecular weight is 318 g/mol. The number of benzene rings is 2. The molecule has 5 rings (SSSR count). The summed E-state index contributed by atoms with van der Waals surface area (Å²) in [6.07, 6.45) is 3.72. The second-order valence-electron chi connectivity index (χ2n) is 7.05. The van der Waals surface area contributed by atoms with E-state index in [0.717, 1.165) is 5.76 Å². The van der Waals surface area contributed by atoms with Crippen molar-refractivity contribution in [2.45, 2.75) is 24.9 Å². The van der Waals surface area contributed by atoms with Gasteiger partial charge in [-0.05, 0) is 29.9 Å². The molecular weight excluding hydrogens is 296 g/mol. The number of hydrogen-bond acceptors (Lipinski definition) is 2. The lowest BCUT2D eigenvalue weighted by molar-refractivity contribution is -0.141. The Morgan fingerprint density at radius 1 is 0.833 bits per heavy atom. The van der Waals surface area contributed by atoms with Gasteiger partial charge in [0.2, 0.25) is 0 Å². The molecule has 2 fully saturated rings. The number of allylic oxidation sites excluding steroid dienone is 1. The van der Waals surface area contributed by atoms with Crippen LogP contribution < -0.4 is 0 Å². The van der Waals surface area contributed by atoms with E-state index >= 15 is 0 Å². The number of fused-ring (bicyclic) bond motifs is 3. The zero-order valence-corrected chi connectivity index (χ0v) is 13.8. The Bertz CT molecular complexity index is 765. The van der Waals surface area contributed by atoms with Crippen molar-refractivity contribution in [2.24, 2.45) is 11.8 Å². The SMILES string of the molecule is c1ccc(C2=C3OCCOC3(c3ccccc3)C3CCCC23)cc1. The maximum absolute atomic E-state index is 6.56. The summed E-state index contributed by atoms with van der Waals surface area (Å²) in [5.41, 5.74) is 3.56. The van der Waals surface area contributed by atoms with Gasteiger partial charge in [0.1, 0.15) is 12.4 Å². The highest BCUT2D eigenvalue weighted by atomic mass is 16.6. The molecule has 0 spiro atoms. The van der Waals surface area contributed by atoms with E-state index in [-0.39, 0.29) is 5.60 Å². The third-order valence-electron chi connectivity index (χ3n) is 5.94. The molecule has 2 nitrogen and oxygen atoms in total. The van der Waals surface area contributed by atoms with Gasteiger partial charge in [-0.3, -0.25) is 0 Å². The van der Waals surface area contributed by atoms with E-state index in [4.69, 9.17) is 9.47 Å². The van der Waals surface area contributed by atoms with Gasteiger partial charge in [-0.15, -0.1) is 0 Å². The first kappa shape index (κ1) is 14.3. The average Bonchev–Trinajstić information content (AvgIpc) is 3.23. The number of rotatable bonds is 2. The van der Waals surface area contributed by atoms with Crippen LogP contribution in [0.25, 0.3) is 5.57 Å². The topological polar surface area (TPSA) is 18.5 Å². The first-order valence-electron chi connectivity index (χ1n) is 9.03. The highest BCUT2D eigenvalue weighted by molar-refractivity contribution is 5.75. The Hall–Kier alpha value is -2.06. The lowest BCUT2D eigenvalue weighted by Crippen LogP contribution is -2.42. The summed E-state index contributed by atoms with van der Waals surface area (Å²) in [6, 6.07) is 21.5. The molecule has 1 saturated carbocycles. The quantitative estimate of drug-likeness (QED) is 0.794. The van der Waals surface area contributed by atoms with Crippen LogP contribution in [0.5, 0.6) is 0 Å². The monoisotopic (exact) mass is 318 g/mol. The molecule has 1 aliphatic heterocycles. The van der Waals surface area contributed by atoms with Crippen molar-refractivity contribution in [2.75, 3.05) is 13.2 Å². The van der Waals surface area contributed by atoms with Crippen LogP contribution in [-0.2, 0) is 15.1 Å². The molecule has 122 valence electrons. The minimum atomic E-state index is -0.383. The smallest absolute Gasteiger partial charge is 0.154 e. The van der Waals surface area contributed by atoms with Crippen LogP contribution in [0.15, 0.2) is 66.4 Å². The minimum Gasteiger partial charge on any atom is -0.492 e. The van der Waals surface area contributed by atoms with Crippen molar-refractivity contribution < 1.29 is 9.47 Å². The van der Waals surface area contributed by atoms with Gasteiger partial charge in [-0.1, -0.05) is 67.1 Å². The van der Waals surface area contributed by atoms with Crippen LogP contribution in [0.1, 0.15) is 30.4 Å². The molecule has 3 aliphatic rings. The van der Waals surface area contributed by atoms with Gasteiger partial charge >= 0.3 is 0 Å². The molecule has 1 heterocycles. The second-order valence-corrected chi connectivity index (χ2v) is 7.05. The summed E-state index contributed by atoms with van der Waals surface area (Å²) in [5.74, 6) is 2.12. The molecule has 2 aromatic carbocycles. The van der Waals surface area contributed by atoms with E-state index in [1.807, 2.05) is 0 Å². The molecule has 0 N–H and O–H groups in total. The van der Waals surface area contributed by atoms with Gasteiger partial charge in [0.15, 0.2) is 5.60 Å². The van der Waals surface area contributed by atoms with Crippen LogP contribution in [0.3, 0.4) is 0 Å². The molecular formula is C22H22O2. The van der Waals surface area contributed by atoms with E-state index in [1.165, 1.54) is 36.0 Å². The van der Waals surface area contributed by atoms with Crippen LogP contribution in [0.4, 0.5) is 0 Å². The van der Waals surface area contributed by atoms with Crippen molar-refractivity contribution in [3.05, 3.63) is 77.5 Å². The zero-order valence-electron chi connectivity index (χ0n) is 13.8. The summed E-state index contributed by atoms with van der Waals surface area (Å²) in [6.45, 7) is 1.32. The first-order valence-corrected chi connectivity index (χ1v) is 9.03. The molecule has 3 unspecified atom stereocenters. The van der Waals surface area contributed by atoms with Crippen molar-refractivity contribution >= 4 is 5.57 Å². The zero-order chi connectivity index (χ0) is 16.0. The van der Waals surface area contributed by atoms with Gasteiger partial charge in [-0.25, -0.2) is 0 Å². The van der Waals surface area contributed by atoms with Gasteiger partial charge in [0, 0.05) is 11.5 Å². The van der Waals surface area contributed by atoms with Gasteiger partial charge < -0.3 is 9.47 Å². The third kappa shape index (κ3) is 1.86. The van der Waals surface area contributed by atoms with Crippen molar-refractivity contribution in [1.82, 2.24) is 0 Å². The largest absolute Gasteiger partial charge is 0.492 e. The number of ether oxygens (including phenoxy) is 2. The summed E-state index contributed by atoms with van der Waals surface area (Å²) in [5, 5.41) is 0. The van der Waals surface area contributed by atoms with Gasteiger partial charge in [0.25, 0.3) is 0 Å². The van der Waals surface area contributed by atoms with Crippen molar-refractivity contribution in [3.63, 3.8) is 0 Å². The van der Waals surface area contributed by atoms with Crippen LogP contribution in [0, 0.1) is 11.8 Å². The van der Waals surface area contributed by atoms with E-state index < -0.39 is 0 Å². The van der Waals surface area contributed by atoms with Gasteiger partial charge in [0.05, 0.1) is 6.61 Å². The molecule has 0 bridgehead atoms. The normalized spacial score (nSPS) is 31.5. The molecule has 1 saturated heterocycles. The predicted molar refractivity (Wildman–Crippen MR) is 94.2 cm³/mol. The van der Waals surface area contributed by atoms with E-state index in [1.54, 1.807) is 0 Å². The maximum atomic E-state index is 6.56. The molecule has 0 radical (unpaired) electrons. The van der Waals surface area contributed by atoms with Crippen LogP contribution in [-0.4, -0.2) is 13.2 Å². The molecule has 0 aromatic heterocycles. The lowest BCUT2D eigenvalue weighted by atomic mass is 9.79. The van der Waals surface area contributed by atoms with Crippen molar-refractivity contribution in [1.29, 1.82) is 0 Å². The minimum absolute atomic E-state index is 0.383. The predicted octanol–water partition coefficient (Wildman–Crippen LogP) is 4.77. The standard InChI is InChI=1S/C22H22O2/c1-3-8-16(9-4-1)20-18-12-7-13-19(18)22(17-10-5-2-6-11-17)21(20)23-14-15-24-22/h1-6,8-11,18-19H,7,12-15H2. The van der Waals surface area contributed by atoms with Crippen LogP contribution in [0.2, 0.25) is 0 Å². The van der Waals surface area contributed by atoms with E-state index in [0.29, 0.717) is 25.0 Å². The summed E-state index contributed by atoms with van der Waals surface area (Å²) < 4.78 is 12.9. The molecule has 3 atom stereocenters. The first-order chi connectivity index (χ1) is 11.9. The summed E-state index contributed by atoms with van der Waals surface area (Å²) in [4.78, 5) is 0. The molecule has 0 amide bonds. The molecule has 2 aliphatic carbocycles. The highest BCUT2D eigenvalue weighted by Gasteiger charge is 2.59. The fourth-order valence-corrected chi connectivity index (χ4v) is 5.11. The van der Waals surface area contributed by atoms with E-state index in [9.17, 15) is 0 Å². The Balaban J connectivity index is 1.76. The number of hydrogen-bond donors (Lipinski definition) is 0. The van der Waals surface area contributed by atoms with E-state index in [2.05, 4.69) is 60.7 Å². The Labute approximate surface area is 143 Å². The third-order valence-corrected chi connectivity index (χ3v) is 5.94. The Morgan fingerprint density at radius 2 is 1.58 bits per heavy atom. The second kappa shape index (κ2) is 5.49. The molecule has 2 aromatic rings. The lowest BCUT2D eigenvalue weighted by Gasteiger charge is -2.41. The van der Waals surface area contributed by atoms with Gasteiger partial charge in [-0.2, -0.15) is 0 Å². The Kier molecular flexibility index (Phi) is 3.27. The fraction of sp³-hybridized carbons (Fsp3) is 0.364. The summed E-state index contributed by atoms with van der Waals surface area (Å²) >= 11 is 0. The fourth-order valence-electron chi connectivity index (χ4n) is 5.11. The Morgan fingerprint density at radius 3 is 2.38 bits per heavy atom.